The summed E-state index contributed by atoms with van der Waals surface area (Å²) in [5, 5.41) is 27.4. The summed E-state index contributed by atoms with van der Waals surface area (Å²) in [4.78, 5) is 9.54. The third-order valence-corrected chi connectivity index (χ3v) is 7.61. The van der Waals surface area contributed by atoms with E-state index in [4.69, 9.17) is 9.97 Å². The molecule has 0 radical (unpaired) electrons. The van der Waals surface area contributed by atoms with Gasteiger partial charge in [0.25, 0.3) is 0 Å². The van der Waals surface area contributed by atoms with Crippen LogP contribution in [0, 0.1) is 0 Å². The lowest BCUT2D eigenvalue weighted by Gasteiger charge is -2.25. The van der Waals surface area contributed by atoms with Gasteiger partial charge in [0.05, 0.1) is 18.3 Å². The second-order valence-corrected chi connectivity index (χ2v) is 10.7. The number of para-hydroxylation sites is 1. The SMILES string of the molecule is CC.c1ccc2c(NC3CCNCC3)nc(NCc3cn(CCCNCCCNC4CCCCC4)nn3)nc2c1. The summed E-state index contributed by atoms with van der Waals surface area (Å²) < 4.78 is 1.93. The van der Waals surface area contributed by atoms with Gasteiger partial charge in [-0.15, -0.1) is 5.10 Å². The topological polar surface area (TPSA) is 117 Å². The van der Waals surface area contributed by atoms with E-state index in [1.165, 1.54) is 38.5 Å². The van der Waals surface area contributed by atoms with Gasteiger partial charge in [-0.25, -0.2) is 4.98 Å². The largest absolute Gasteiger partial charge is 0.367 e. The number of hydrogen-bond acceptors (Lipinski definition) is 9. The molecule has 2 fully saturated rings. The van der Waals surface area contributed by atoms with E-state index in [0.717, 1.165) is 87.0 Å². The second-order valence-electron chi connectivity index (χ2n) is 10.7. The van der Waals surface area contributed by atoms with Gasteiger partial charge in [0.15, 0.2) is 0 Å². The van der Waals surface area contributed by atoms with Crippen LogP contribution in [0.3, 0.4) is 0 Å². The van der Waals surface area contributed by atoms with E-state index >= 15 is 0 Å². The van der Waals surface area contributed by atoms with Crippen LogP contribution in [0.25, 0.3) is 10.9 Å². The Morgan fingerprint density at radius 2 is 1.70 bits per heavy atom. The molecular weight excluding hydrogens is 500 g/mol. The highest BCUT2D eigenvalue weighted by Gasteiger charge is 2.16. The first-order valence-corrected chi connectivity index (χ1v) is 15.6. The Balaban J connectivity index is 0.00000181. The predicted molar refractivity (Wildman–Crippen MR) is 165 cm³/mol. The average Bonchev–Trinajstić information content (AvgIpc) is 3.47. The minimum atomic E-state index is 0.426. The van der Waals surface area contributed by atoms with Gasteiger partial charge in [0.1, 0.15) is 11.5 Å². The molecule has 1 aliphatic carbocycles. The van der Waals surface area contributed by atoms with E-state index < -0.39 is 0 Å². The van der Waals surface area contributed by atoms with Gasteiger partial charge in [-0.2, -0.15) is 4.98 Å². The molecule has 0 bridgehead atoms. The van der Waals surface area contributed by atoms with E-state index in [1.54, 1.807) is 0 Å². The normalized spacial score (nSPS) is 16.4. The Hall–Kier alpha value is -2.82. The molecule has 2 aliphatic rings. The van der Waals surface area contributed by atoms with Crippen LogP contribution < -0.4 is 26.6 Å². The summed E-state index contributed by atoms with van der Waals surface area (Å²) in [7, 11) is 0. The van der Waals surface area contributed by atoms with Crippen molar-refractivity contribution in [3.05, 3.63) is 36.2 Å². The number of rotatable bonds is 14. The summed E-state index contributed by atoms with van der Waals surface area (Å²) in [5.74, 6) is 1.50. The number of anilines is 2. The molecule has 1 saturated carbocycles. The first-order valence-electron chi connectivity index (χ1n) is 15.6. The molecule has 3 aromatic rings. The first-order chi connectivity index (χ1) is 19.8. The Kier molecular flexibility index (Phi) is 12.9. The minimum absolute atomic E-state index is 0.426. The molecule has 0 spiro atoms. The molecular formula is C30H50N10. The second kappa shape index (κ2) is 17.1. The Morgan fingerprint density at radius 1 is 0.900 bits per heavy atom. The zero-order valence-corrected chi connectivity index (χ0v) is 24.6. The number of aromatic nitrogens is 5. The van der Waals surface area contributed by atoms with E-state index in [2.05, 4.69) is 43.0 Å². The molecule has 0 amide bonds. The molecule has 40 heavy (non-hydrogen) atoms. The molecule has 5 N–H and O–H groups in total. The summed E-state index contributed by atoms with van der Waals surface area (Å²) in [6.45, 7) is 10.6. The van der Waals surface area contributed by atoms with Crippen molar-refractivity contribution in [3.8, 4) is 0 Å². The number of aryl methyl sites for hydroxylation is 1. The molecule has 10 nitrogen and oxygen atoms in total. The van der Waals surface area contributed by atoms with Gasteiger partial charge in [0.2, 0.25) is 5.95 Å². The predicted octanol–water partition coefficient (Wildman–Crippen LogP) is 4.32. The van der Waals surface area contributed by atoms with Crippen LogP contribution in [0.2, 0.25) is 0 Å². The van der Waals surface area contributed by atoms with E-state index in [0.29, 0.717) is 18.5 Å². The Bertz CT molecular complexity index is 1100. The number of benzene rings is 1. The van der Waals surface area contributed by atoms with Crippen LogP contribution in [0.15, 0.2) is 30.5 Å². The Morgan fingerprint density at radius 3 is 2.55 bits per heavy atom. The van der Waals surface area contributed by atoms with Gasteiger partial charge < -0.3 is 26.6 Å². The third-order valence-electron chi connectivity index (χ3n) is 7.61. The average molecular weight is 551 g/mol. The lowest BCUT2D eigenvalue weighted by atomic mass is 9.95. The zero-order chi connectivity index (χ0) is 27.8. The molecule has 1 aliphatic heterocycles. The van der Waals surface area contributed by atoms with Gasteiger partial charge in [-0.05, 0) is 83.4 Å². The van der Waals surface area contributed by atoms with Gasteiger partial charge >= 0.3 is 0 Å². The number of piperidine rings is 1. The fourth-order valence-corrected chi connectivity index (χ4v) is 5.44. The van der Waals surface area contributed by atoms with Gasteiger partial charge in [-0.1, -0.05) is 50.5 Å². The van der Waals surface area contributed by atoms with E-state index in [9.17, 15) is 0 Å². The van der Waals surface area contributed by atoms with E-state index in [1.807, 2.05) is 42.9 Å². The summed E-state index contributed by atoms with van der Waals surface area (Å²) in [5.41, 5.74) is 1.82. The molecule has 5 rings (SSSR count). The first kappa shape index (κ1) is 30.1. The quantitative estimate of drug-likeness (QED) is 0.187. The van der Waals surface area contributed by atoms with Crippen molar-refractivity contribution in [2.45, 2.75) is 96.8 Å². The maximum atomic E-state index is 4.81. The number of nitrogens with zero attached hydrogens (tertiary/aromatic N) is 5. The number of fused-ring (bicyclic) bond motifs is 1. The Labute approximate surface area is 239 Å². The molecule has 2 aromatic heterocycles. The molecule has 10 heteroatoms. The van der Waals surface area contributed by atoms with Crippen molar-refractivity contribution in [1.29, 1.82) is 0 Å². The van der Waals surface area contributed by atoms with Crippen molar-refractivity contribution in [2.75, 3.05) is 43.4 Å². The lowest BCUT2D eigenvalue weighted by Crippen LogP contribution is -2.35. The van der Waals surface area contributed by atoms with Crippen molar-refractivity contribution in [2.24, 2.45) is 0 Å². The molecule has 0 atom stereocenters. The molecule has 3 heterocycles. The van der Waals surface area contributed by atoms with Gasteiger partial charge in [0, 0.05) is 24.0 Å². The maximum absolute atomic E-state index is 4.81. The lowest BCUT2D eigenvalue weighted by molar-refractivity contribution is 0.371. The summed E-state index contributed by atoms with van der Waals surface area (Å²) in [6, 6.07) is 9.35. The summed E-state index contributed by atoms with van der Waals surface area (Å²) in [6.07, 6.45) is 13.3. The smallest absolute Gasteiger partial charge is 0.225 e. The van der Waals surface area contributed by atoms with Crippen LogP contribution in [0.4, 0.5) is 11.8 Å². The highest BCUT2D eigenvalue weighted by Crippen LogP contribution is 2.24. The maximum Gasteiger partial charge on any atom is 0.225 e. The van der Waals surface area contributed by atoms with Crippen LogP contribution in [-0.2, 0) is 13.1 Å². The van der Waals surface area contributed by atoms with Crippen molar-refractivity contribution < 1.29 is 0 Å². The fraction of sp³-hybridized carbons (Fsp3) is 0.667. The van der Waals surface area contributed by atoms with Crippen LogP contribution in [0.1, 0.15) is 77.3 Å². The zero-order valence-electron chi connectivity index (χ0n) is 24.6. The van der Waals surface area contributed by atoms with Crippen molar-refractivity contribution in [3.63, 3.8) is 0 Å². The van der Waals surface area contributed by atoms with Crippen molar-refractivity contribution >= 4 is 22.7 Å². The van der Waals surface area contributed by atoms with Crippen molar-refractivity contribution in [1.82, 2.24) is 40.9 Å². The standard InChI is InChI=1S/C28H44N10.C2H6/c1-2-8-22(9-3-1)31-16-6-14-29-15-7-19-38-21-24(36-37-38)20-32-28-34-26-11-5-4-10-25(26)27(35-28)33-23-12-17-30-18-13-23;1-2/h4-5,10-11,21-23,29-31H,1-3,6-9,12-20H2,(H2,32,33,34,35);1-2H3. The van der Waals surface area contributed by atoms with E-state index in [-0.39, 0.29) is 0 Å². The minimum Gasteiger partial charge on any atom is -0.367 e. The molecule has 1 aromatic carbocycles. The fourth-order valence-electron chi connectivity index (χ4n) is 5.44. The monoisotopic (exact) mass is 550 g/mol. The highest BCUT2D eigenvalue weighted by molar-refractivity contribution is 5.90. The molecule has 220 valence electrons. The number of hydrogen-bond donors (Lipinski definition) is 5. The molecule has 0 unspecified atom stereocenters. The number of nitrogens with one attached hydrogen (secondary N) is 5. The van der Waals surface area contributed by atoms with Crippen LogP contribution >= 0.6 is 0 Å². The van der Waals surface area contributed by atoms with Gasteiger partial charge in [-0.3, -0.25) is 4.68 Å². The van der Waals surface area contributed by atoms with Crippen LogP contribution in [0.5, 0.6) is 0 Å². The molecule has 1 saturated heterocycles. The highest BCUT2D eigenvalue weighted by atomic mass is 15.4. The van der Waals surface area contributed by atoms with Crippen LogP contribution in [-0.4, -0.2) is 69.8 Å². The summed E-state index contributed by atoms with van der Waals surface area (Å²) >= 11 is 0. The third kappa shape index (κ3) is 9.67.